The zero-order valence-corrected chi connectivity index (χ0v) is 14.2. The average Bonchev–Trinajstić information content (AvgIpc) is 3.04. The first-order chi connectivity index (χ1) is 11.5. The van der Waals surface area contributed by atoms with Crippen molar-refractivity contribution in [2.45, 2.75) is 25.8 Å². The van der Waals surface area contributed by atoms with Crippen molar-refractivity contribution in [2.75, 3.05) is 7.11 Å². The topological polar surface area (TPSA) is 54.1 Å². The molecule has 3 rings (SSSR count). The van der Waals surface area contributed by atoms with Crippen LogP contribution in [0.1, 0.15) is 25.0 Å². The Morgan fingerprint density at radius 3 is 2.62 bits per heavy atom. The van der Waals surface area contributed by atoms with Crippen LogP contribution in [0.5, 0.6) is 5.75 Å². The number of aromatic nitrogens is 1. The molecular weight excluding hydrogens is 300 g/mol. The number of rotatable bonds is 5. The highest BCUT2D eigenvalue weighted by molar-refractivity contribution is 5.95. The zero-order valence-electron chi connectivity index (χ0n) is 14.2. The predicted molar refractivity (Wildman–Crippen MR) is 96.2 cm³/mol. The van der Waals surface area contributed by atoms with Gasteiger partial charge in [0.15, 0.2) is 0 Å². The minimum absolute atomic E-state index is 0.00456. The van der Waals surface area contributed by atoms with Crippen molar-refractivity contribution in [3.63, 3.8) is 0 Å². The number of nitrogens with one attached hydrogen (secondary N) is 2. The van der Waals surface area contributed by atoms with Crippen molar-refractivity contribution in [3.05, 3.63) is 65.9 Å². The predicted octanol–water partition coefficient (Wildman–Crippen LogP) is 3.77. The van der Waals surface area contributed by atoms with Crippen molar-refractivity contribution in [3.8, 4) is 5.75 Å². The van der Waals surface area contributed by atoms with Crippen molar-refractivity contribution in [1.82, 2.24) is 10.3 Å². The third-order valence-corrected chi connectivity index (χ3v) is 4.43. The number of carbonyl (C=O) groups excluding carboxylic acids is 1. The maximum absolute atomic E-state index is 12.8. The van der Waals surface area contributed by atoms with Gasteiger partial charge in [0, 0.05) is 23.6 Å². The summed E-state index contributed by atoms with van der Waals surface area (Å²) >= 11 is 0. The van der Waals surface area contributed by atoms with Gasteiger partial charge in [-0.2, -0.15) is 0 Å². The highest BCUT2D eigenvalue weighted by Crippen LogP contribution is 2.32. The molecule has 1 aromatic heterocycles. The van der Waals surface area contributed by atoms with Gasteiger partial charge in [-0.3, -0.25) is 4.79 Å². The molecule has 2 N–H and O–H groups in total. The van der Waals surface area contributed by atoms with Gasteiger partial charge in [-0.05, 0) is 43.2 Å². The molecule has 0 unspecified atom stereocenters. The third kappa shape index (κ3) is 3.00. The molecule has 0 saturated carbocycles. The van der Waals surface area contributed by atoms with Crippen LogP contribution in [0, 0.1) is 0 Å². The van der Waals surface area contributed by atoms with E-state index in [2.05, 4.69) is 10.3 Å². The molecule has 2 aromatic carbocycles. The van der Waals surface area contributed by atoms with Crippen LogP contribution < -0.4 is 10.1 Å². The van der Waals surface area contributed by atoms with Crippen LogP contribution >= 0.6 is 0 Å². The molecule has 0 spiro atoms. The Morgan fingerprint density at radius 1 is 1.17 bits per heavy atom. The summed E-state index contributed by atoms with van der Waals surface area (Å²) in [7, 11) is 1.64. The minimum Gasteiger partial charge on any atom is -0.497 e. The summed E-state index contributed by atoms with van der Waals surface area (Å²) in [6.07, 6.45) is 1.91. The number of fused-ring (bicyclic) bond motifs is 1. The van der Waals surface area contributed by atoms with E-state index in [4.69, 9.17) is 4.74 Å². The Balaban J connectivity index is 1.85. The van der Waals surface area contributed by atoms with Crippen LogP contribution in [-0.4, -0.2) is 18.0 Å². The Hall–Kier alpha value is -2.75. The van der Waals surface area contributed by atoms with E-state index in [0.29, 0.717) is 6.54 Å². The lowest BCUT2D eigenvalue weighted by Gasteiger charge is -2.23. The van der Waals surface area contributed by atoms with Crippen molar-refractivity contribution in [1.29, 1.82) is 0 Å². The molecule has 0 aliphatic carbocycles. The Kier molecular flexibility index (Phi) is 4.30. The van der Waals surface area contributed by atoms with Gasteiger partial charge in [0.25, 0.3) is 0 Å². The van der Waals surface area contributed by atoms with Crippen LogP contribution in [0.2, 0.25) is 0 Å². The lowest BCUT2D eigenvalue weighted by atomic mass is 9.83. The zero-order chi connectivity index (χ0) is 17.2. The minimum atomic E-state index is -0.653. The molecule has 24 heavy (non-hydrogen) atoms. The van der Waals surface area contributed by atoms with E-state index in [1.807, 2.05) is 68.6 Å². The fourth-order valence-electron chi connectivity index (χ4n) is 2.87. The molecule has 0 aliphatic heterocycles. The number of methoxy groups -OCH3 is 1. The van der Waals surface area contributed by atoms with E-state index in [9.17, 15) is 4.79 Å². The van der Waals surface area contributed by atoms with Gasteiger partial charge in [-0.1, -0.05) is 30.3 Å². The molecular formula is C20H22N2O2. The molecule has 3 aromatic rings. The number of carbonyl (C=O) groups is 1. The lowest BCUT2D eigenvalue weighted by Crippen LogP contribution is -2.39. The smallest absolute Gasteiger partial charge is 0.230 e. The molecule has 1 amide bonds. The number of hydrogen-bond acceptors (Lipinski definition) is 2. The molecule has 4 nitrogen and oxygen atoms in total. The number of hydrogen-bond donors (Lipinski definition) is 2. The summed E-state index contributed by atoms with van der Waals surface area (Å²) in [5.74, 6) is 0.777. The molecule has 4 heteroatoms. The van der Waals surface area contributed by atoms with E-state index in [-0.39, 0.29) is 5.91 Å². The van der Waals surface area contributed by atoms with Gasteiger partial charge in [-0.15, -0.1) is 0 Å². The highest BCUT2D eigenvalue weighted by atomic mass is 16.5. The summed E-state index contributed by atoms with van der Waals surface area (Å²) in [6.45, 7) is 4.40. The fraction of sp³-hybridized carbons (Fsp3) is 0.250. The van der Waals surface area contributed by atoms with E-state index < -0.39 is 5.41 Å². The van der Waals surface area contributed by atoms with Gasteiger partial charge in [0.1, 0.15) is 5.75 Å². The van der Waals surface area contributed by atoms with E-state index in [0.717, 1.165) is 27.8 Å². The average molecular weight is 322 g/mol. The van der Waals surface area contributed by atoms with Gasteiger partial charge >= 0.3 is 0 Å². The second-order valence-corrected chi connectivity index (χ2v) is 6.41. The standard InChI is InChI=1S/C20H22N2O2/c1-20(2,19(23)22-12-14-7-5-4-6-8-14)17-13-21-18-10-9-15(24-3)11-16(17)18/h4-11,13,21H,12H2,1-3H3,(H,22,23). The normalized spacial score (nSPS) is 11.5. The molecule has 0 aliphatic rings. The maximum Gasteiger partial charge on any atom is 0.230 e. The van der Waals surface area contributed by atoms with E-state index >= 15 is 0 Å². The molecule has 0 saturated heterocycles. The Bertz CT molecular complexity index is 850. The van der Waals surface area contributed by atoms with Crippen molar-refractivity contribution >= 4 is 16.8 Å². The largest absolute Gasteiger partial charge is 0.497 e. The SMILES string of the molecule is COc1ccc2[nH]cc(C(C)(C)C(=O)NCc3ccccc3)c2c1. The lowest BCUT2D eigenvalue weighted by molar-refractivity contribution is -0.125. The summed E-state index contributed by atoms with van der Waals surface area (Å²) in [5.41, 5.74) is 2.39. The summed E-state index contributed by atoms with van der Waals surface area (Å²) in [6, 6.07) is 15.8. The van der Waals surface area contributed by atoms with Crippen LogP contribution in [0.15, 0.2) is 54.7 Å². The van der Waals surface area contributed by atoms with Gasteiger partial charge in [0.05, 0.1) is 12.5 Å². The molecule has 124 valence electrons. The first-order valence-corrected chi connectivity index (χ1v) is 8.00. The highest BCUT2D eigenvalue weighted by Gasteiger charge is 2.32. The number of H-pyrrole nitrogens is 1. The Morgan fingerprint density at radius 2 is 1.92 bits per heavy atom. The second-order valence-electron chi connectivity index (χ2n) is 6.41. The van der Waals surface area contributed by atoms with Crippen LogP contribution in [-0.2, 0) is 16.8 Å². The Labute approximate surface area is 141 Å². The summed E-state index contributed by atoms with van der Waals surface area (Å²) in [5, 5.41) is 4.05. The van der Waals surface area contributed by atoms with E-state index in [1.54, 1.807) is 7.11 Å². The van der Waals surface area contributed by atoms with Gasteiger partial charge in [0.2, 0.25) is 5.91 Å². The van der Waals surface area contributed by atoms with Crippen molar-refractivity contribution < 1.29 is 9.53 Å². The first-order valence-electron chi connectivity index (χ1n) is 8.00. The number of amides is 1. The van der Waals surface area contributed by atoms with Crippen LogP contribution in [0.25, 0.3) is 10.9 Å². The number of aromatic amines is 1. The quantitative estimate of drug-likeness (QED) is 0.751. The van der Waals surface area contributed by atoms with Gasteiger partial charge < -0.3 is 15.0 Å². The van der Waals surface area contributed by atoms with Gasteiger partial charge in [-0.25, -0.2) is 0 Å². The van der Waals surface area contributed by atoms with E-state index in [1.165, 1.54) is 0 Å². The third-order valence-electron chi connectivity index (χ3n) is 4.43. The summed E-state index contributed by atoms with van der Waals surface area (Å²) < 4.78 is 5.31. The summed E-state index contributed by atoms with van der Waals surface area (Å²) in [4.78, 5) is 16.0. The molecule has 0 radical (unpaired) electrons. The van der Waals surface area contributed by atoms with Crippen molar-refractivity contribution in [2.24, 2.45) is 0 Å². The maximum atomic E-state index is 12.8. The van der Waals surface area contributed by atoms with Crippen LogP contribution in [0.3, 0.4) is 0 Å². The van der Waals surface area contributed by atoms with Crippen LogP contribution in [0.4, 0.5) is 0 Å². The first kappa shape index (κ1) is 16.1. The number of benzene rings is 2. The molecule has 0 fully saturated rings. The molecule has 1 heterocycles. The second kappa shape index (κ2) is 6.40. The fourth-order valence-corrected chi connectivity index (χ4v) is 2.87. The monoisotopic (exact) mass is 322 g/mol. The number of ether oxygens (including phenoxy) is 1. The molecule has 0 atom stereocenters. The molecule has 0 bridgehead atoms.